The molecule has 3 aromatic rings. The molecule has 0 aliphatic carbocycles. The van der Waals surface area contributed by atoms with E-state index >= 15 is 0 Å². The molecular weight excluding hydrogens is 484 g/mol. The number of nitrogens with zero attached hydrogens (tertiary/aromatic N) is 4. The van der Waals surface area contributed by atoms with Crippen molar-refractivity contribution < 1.29 is 18.0 Å². The number of hydrogen-bond acceptors (Lipinski definition) is 6. The Morgan fingerprint density at radius 2 is 1.60 bits per heavy atom. The second-order valence-corrected chi connectivity index (χ2v) is 11.1. The van der Waals surface area contributed by atoms with Crippen LogP contribution in [0, 0.1) is 6.92 Å². The molecule has 1 aromatic heterocycles. The van der Waals surface area contributed by atoms with Crippen LogP contribution < -0.4 is 4.90 Å². The lowest BCUT2D eigenvalue weighted by Gasteiger charge is -2.19. The molecule has 1 amide bonds. The van der Waals surface area contributed by atoms with Gasteiger partial charge in [0.25, 0.3) is 15.9 Å². The number of aryl methyl sites for hydroxylation is 1. The molecule has 0 saturated heterocycles. The third-order valence-electron chi connectivity index (χ3n) is 5.31. The Bertz CT molecular complexity index is 1340. The highest BCUT2D eigenvalue weighted by atomic mass is 32.2. The lowest BCUT2D eigenvalue weighted by molar-refractivity contribution is -0.0753. The molecule has 0 spiro atoms. The summed E-state index contributed by atoms with van der Waals surface area (Å²) in [5, 5.41) is 1.20. The normalized spacial score (nSPS) is 11.6. The molecule has 0 radical (unpaired) electrons. The fourth-order valence-corrected chi connectivity index (χ4v) is 5.48. The number of rotatable bonds is 8. The molecule has 0 aliphatic rings. The van der Waals surface area contributed by atoms with Gasteiger partial charge in [0.1, 0.15) is 6.34 Å². The maximum Gasteiger partial charge on any atom is 0.287 e. The van der Waals surface area contributed by atoms with Gasteiger partial charge in [-0.3, -0.25) is 9.63 Å². The quantitative estimate of drug-likeness (QED) is 0.252. The number of thiophene rings is 1. The molecule has 0 saturated carbocycles. The van der Waals surface area contributed by atoms with Crippen molar-refractivity contribution in [2.75, 3.05) is 47.2 Å². The molecule has 0 fully saturated rings. The SMILES string of the molecule is CON(C)C(=O)c1cc(C)c(-c2ccc(N(C)C)c(-c3ccc(S(=O)(=O)/N=C/N(C)C)cc3)c2)s1. The first-order valence-electron chi connectivity index (χ1n) is 10.8. The predicted octanol–water partition coefficient (Wildman–Crippen LogP) is 4.37. The molecule has 0 bridgehead atoms. The molecule has 3 rings (SSSR count). The van der Waals surface area contributed by atoms with Crippen LogP contribution in [0.1, 0.15) is 15.2 Å². The minimum Gasteiger partial charge on any atom is -0.377 e. The zero-order valence-corrected chi connectivity index (χ0v) is 22.6. The van der Waals surface area contributed by atoms with Gasteiger partial charge in [0, 0.05) is 51.4 Å². The molecular formula is C25H30N4O4S2. The van der Waals surface area contributed by atoms with E-state index in [4.69, 9.17) is 4.84 Å². The van der Waals surface area contributed by atoms with Crippen LogP contribution in [0.3, 0.4) is 0 Å². The van der Waals surface area contributed by atoms with Crippen LogP contribution in [0.4, 0.5) is 5.69 Å². The first-order valence-corrected chi connectivity index (χ1v) is 13.0. The maximum atomic E-state index is 12.5. The Morgan fingerprint density at radius 3 is 2.17 bits per heavy atom. The molecule has 2 aromatic carbocycles. The topological polar surface area (TPSA) is 82.5 Å². The summed E-state index contributed by atoms with van der Waals surface area (Å²) in [6, 6.07) is 14.7. The minimum atomic E-state index is -3.78. The summed E-state index contributed by atoms with van der Waals surface area (Å²) in [5.74, 6) is -0.203. The van der Waals surface area contributed by atoms with Gasteiger partial charge in [0.05, 0.1) is 16.9 Å². The first-order chi connectivity index (χ1) is 16.4. The Kier molecular flexibility index (Phi) is 7.99. The van der Waals surface area contributed by atoms with E-state index < -0.39 is 10.0 Å². The number of hydroxylamine groups is 2. The van der Waals surface area contributed by atoms with Gasteiger partial charge in [-0.1, -0.05) is 18.2 Å². The fraction of sp³-hybridized carbons (Fsp3) is 0.280. The zero-order valence-electron chi connectivity index (χ0n) is 20.9. The number of sulfonamides is 1. The molecule has 35 heavy (non-hydrogen) atoms. The van der Waals surface area contributed by atoms with Crippen molar-refractivity contribution in [2.45, 2.75) is 11.8 Å². The summed E-state index contributed by atoms with van der Waals surface area (Å²) >= 11 is 1.41. The summed E-state index contributed by atoms with van der Waals surface area (Å²) in [5.41, 5.74) is 4.77. The van der Waals surface area contributed by atoms with E-state index in [9.17, 15) is 13.2 Å². The highest BCUT2D eigenvalue weighted by molar-refractivity contribution is 7.90. The van der Waals surface area contributed by atoms with Crippen molar-refractivity contribution in [3.63, 3.8) is 0 Å². The summed E-state index contributed by atoms with van der Waals surface area (Å²) in [6.45, 7) is 1.98. The largest absolute Gasteiger partial charge is 0.377 e. The second kappa shape index (κ2) is 10.6. The van der Waals surface area contributed by atoms with Crippen LogP contribution in [0.5, 0.6) is 0 Å². The minimum absolute atomic E-state index is 0.126. The van der Waals surface area contributed by atoms with Gasteiger partial charge in [-0.25, -0.2) is 5.06 Å². The zero-order chi connectivity index (χ0) is 25.9. The van der Waals surface area contributed by atoms with E-state index in [1.807, 2.05) is 44.1 Å². The van der Waals surface area contributed by atoms with Gasteiger partial charge >= 0.3 is 0 Å². The Labute approximate surface area is 211 Å². The third-order valence-corrected chi connectivity index (χ3v) is 7.82. The van der Waals surface area contributed by atoms with E-state index in [0.717, 1.165) is 32.8 Å². The first kappa shape index (κ1) is 26.4. The van der Waals surface area contributed by atoms with Crippen LogP contribution in [-0.2, 0) is 14.9 Å². The lowest BCUT2D eigenvalue weighted by Crippen LogP contribution is -2.24. The van der Waals surface area contributed by atoms with Gasteiger partial charge in [0.2, 0.25) is 0 Å². The number of carbonyl (C=O) groups is 1. The van der Waals surface area contributed by atoms with Gasteiger partial charge < -0.3 is 9.80 Å². The number of anilines is 1. The van der Waals surface area contributed by atoms with Crippen LogP contribution in [0.15, 0.2) is 57.8 Å². The molecule has 1 heterocycles. The van der Waals surface area contributed by atoms with Crippen LogP contribution in [0.25, 0.3) is 21.6 Å². The van der Waals surface area contributed by atoms with E-state index in [0.29, 0.717) is 4.88 Å². The summed E-state index contributed by atoms with van der Waals surface area (Å²) in [6.07, 6.45) is 1.27. The van der Waals surface area contributed by atoms with E-state index in [1.54, 1.807) is 50.3 Å². The van der Waals surface area contributed by atoms with E-state index in [1.165, 1.54) is 29.8 Å². The third kappa shape index (κ3) is 5.90. The Hall–Kier alpha value is -3.21. The monoisotopic (exact) mass is 514 g/mol. The van der Waals surface area contributed by atoms with Gasteiger partial charge in [0.15, 0.2) is 0 Å². The van der Waals surface area contributed by atoms with Crippen molar-refractivity contribution in [1.29, 1.82) is 0 Å². The molecule has 186 valence electrons. The van der Waals surface area contributed by atoms with Gasteiger partial charge in [-0.05, 0) is 53.9 Å². The smallest absolute Gasteiger partial charge is 0.287 e. The maximum absolute atomic E-state index is 12.5. The number of hydrogen-bond donors (Lipinski definition) is 0. The van der Waals surface area contributed by atoms with Gasteiger partial charge in [-0.15, -0.1) is 15.7 Å². The highest BCUT2D eigenvalue weighted by Crippen LogP contribution is 2.39. The van der Waals surface area contributed by atoms with Crippen molar-refractivity contribution in [3.05, 3.63) is 59.0 Å². The number of carbonyl (C=O) groups excluding carboxylic acids is 1. The van der Waals surface area contributed by atoms with Crippen LogP contribution in [0.2, 0.25) is 0 Å². The number of amides is 1. The lowest BCUT2D eigenvalue weighted by atomic mass is 9.99. The van der Waals surface area contributed by atoms with Gasteiger partial charge in [-0.2, -0.15) is 8.42 Å². The van der Waals surface area contributed by atoms with E-state index in [-0.39, 0.29) is 10.8 Å². The summed E-state index contributed by atoms with van der Waals surface area (Å²) in [4.78, 5) is 22.9. The predicted molar refractivity (Wildman–Crippen MR) is 143 cm³/mol. The molecule has 0 N–H and O–H groups in total. The average molecular weight is 515 g/mol. The average Bonchev–Trinajstić information content (AvgIpc) is 3.23. The fourth-order valence-electron chi connectivity index (χ4n) is 3.43. The number of benzene rings is 2. The molecule has 0 aliphatic heterocycles. The van der Waals surface area contributed by atoms with Crippen molar-refractivity contribution in [1.82, 2.24) is 9.96 Å². The molecule has 0 atom stereocenters. The molecule has 0 unspecified atom stereocenters. The summed E-state index contributed by atoms with van der Waals surface area (Å²) < 4.78 is 28.7. The van der Waals surface area contributed by atoms with Crippen LogP contribution in [-0.4, -0.2) is 73.0 Å². The highest BCUT2D eigenvalue weighted by Gasteiger charge is 2.19. The van der Waals surface area contributed by atoms with Crippen molar-refractivity contribution in [3.8, 4) is 21.6 Å². The van der Waals surface area contributed by atoms with Crippen LogP contribution >= 0.6 is 11.3 Å². The Balaban J connectivity index is 2.04. The summed E-state index contributed by atoms with van der Waals surface area (Å²) in [7, 11) is 6.59. The molecule has 8 nitrogen and oxygen atoms in total. The molecule has 10 heteroatoms. The second-order valence-electron chi connectivity index (χ2n) is 8.42. The van der Waals surface area contributed by atoms with Crippen molar-refractivity contribution >= 4 is 39.3 Å². The Morgan fingerprint density at radius 1 is 0.971 bits per heavy atom. The standard InChI is InChI=1S/C25H30N4O4S2/c1-17-14-23(25(30)29(6)33-7)34-24(17)19-10-13-22(28(4)5)21(15-19)18-8-11-20(12-9-18)35(31,32)26-16-27(2)3/h8-16H,1-7H3/b26-16+. The van der Waals surface area contributed by atoms with E-state index in [2.05, 4.69) is 10.5 Å². The van der Waals surface area contributed by atoms with Crippen molar-refractivity contribution in [2.24, 2.45) is 4.40 Å².